The lowest BCUT2D eigenvalue weighted by Gasteiger charge is -2.14. The number of ether oxygens (including phenoxy) is 1. The highest BCUT2D eigenvalue weighted by Crippen LogP contribution is 2.35. The van der Waals surface area contributed by atoms with Crippen molar-refractivity contribution in [1.29, 1.82) is 0 Å². The second-order valence-corrected chi connectivity index (χ2v) is 8.08. The van der Waals surface area contributed by atoms with Crippen molar-refractivity contribution in [3.63, 3.8) is 0 Å². The predicted molar refractivity (Wildman–Crippen MR) is 119 cm³/mol. The van der Waals surface area contributed by atoms with Gasteiger partial charge in [-0.05, 0) is 18.6 Å². The molecule has 7 nitrogen and oxygen atoms in total. The Kier molecular flexibility index (Phi) is 13.0. The Morgan fingerprint density at radius 2 is 1.69 bits per heavy atom. The summed E-state index contributed by atoms with van der Waals surface area (Å²) in [6, 6.07) is 3.12. The van der Waals surface area contributed by atoms with E-state index in [2.05, 4.69) is 20.3 Å². The minimum absolute atomic E-state index is 0. The van der Waals surface area contributed by atoms with Crippen LogP contribution >= 0.6 is 58.8 Å². The van der Waals surface area contributed by atoms with E-state index in [1.54, 1.807) is 19.2 Å². The lowest BCUT2D eigenvalue weighted by atomic mass is 10.3. The van der Waals surface area contributed by atoms with Crippen LogP contribution < -0.4 is 20.1 Å². The van der Waals surface area contributed by atoms with Crippen molar-refractivity contribution in [3.8, 4) is 5.75 Å². The fraction of sp³-hybridized carbons (Fsp3) is 0.500. The number of benzene rings is 1. The van der Waals surface area contributed by atoms with E-state index in [9.17, 15) is 8.42 Å². The highest BCUT2D eigenvalue weighted by Gasteiger charge is 2.09. The van der Waals surface area contributed by atoms with Crippen molar-refractivity contribution in [1.82, 2.24) is 15.4 Å². The maximum Gasteiger partial charge on any atom is 0.208 e. The Balaban J connectivity index is 0.00000625. The first-order valence-electron chi connectivity index (χ1n) is 7.39. The van der Waals surface area contributed by atoms with Crippen LogP contribution in [0.15, 0.2) is 17.1 Å². The molecule has 1 aromatic carbocycles. The number of hydrogen-bond acceptors (Lipinski definition) is 4. The van der Waals surface area contributed by atoms with Gasteiger partial charge < -0.3 is 15.4 Å². The van der Waals surface area contributed by atoms with Crippen LogP contribution in [0.1, 0.15) is 6.42 Å². The van der Waals surface area contributed by atoms with E-state index in [0.717, 1.165) is 6.26 Å². The predicted octanol–water partition coefficient (Wildman–Crippen LogP) is 2.75. The molecule has 1 rings (SSSR count). The number of nitrogens with zero attached hydrogens (tertiary/aromatic N) is 1. The van der Waals surface area contributed by atoms with Crippen molar-refractivity contribution in [2.24, 2.45) is 4.99 Å². The molecular formula is C14H22Cl3IN4O3S. The zero-order valence-corrected chi connectivity index (χ0v) is 19.7. The SMILES string of the molecule is CN=C(NCCCNS(C)(=O)=O)NCCOc1c(Cl)cc(Cl)cc1Cl.I. The number of rotatable bonds is 9. The van der Waals surface area contributed by atoms with Gasteiger partial charge >= 0.3 is 0 Å². The molecule has 3 N–H and O–H groups in total. The fourth-order valence-electron chi connectivity index (χ4n) is 1.76. The minimum Gasteiger partial charge on any atom is -0.489 e. The third kappa shape index (κ3) is 10.8. The number of halogens is 4. The van der Waals surface area contributed by atoms with Gasteiger partial charge in [0.05, 0.1) is 22.8 Å². The summed E-state index contributed by atoms with van der Waals surface area (Å²) in [6.07, 6.45) is 1.75. The van der Waals surface area contributed by atoms with Gasteiger partial charge in [0.25, 0.3) is 0 Å². The first-order chi connectivity index (χ1) is 11.7. The third-order valence-electron chi connectivity index (χ3n) is 2.84. The van der Waals surface area contributed by atoms with Gasteiger partial charge in [0.2, 0.25) is 10.0 Å². The summed E-state index contributed by atoms with van der Waals surface area (Å²) in [6.45, 7) is 1.71. The summed E-state index contributed by atoms with van der Waals surface area (Å²) in [5.41, 5.74) is 0. The van der Waals surface area contributed by atoms with Gasteiger partial charge in [-0.2, -0.15) is 0 Å². The van der Waals surface area contributed by atoms with Crippen LogP contribution in [0.4, 0.5) is 0 Å². The van der Waals surface area contributed by atoms with E-state index in [0.29, 0.717) is 59.4 Å². The molecule has 0 radical (unpaired) electrons. The molecule has 0 heterocycles. The molecule has 0 spiro atoms. The molecule has 26 heavy (non-hydrogen) atoms. The van der Waals surface area contributed by atoms with Crippen molar-refractivity contribution < 1.29 is 13.2 Å². The highest BCUT2D eigenvalue weighted by molar-refractivity contribution is 14.0. The van der Waals surface area contributed by atoms with Crippen molar-refractivity contribution in [2.45, 2.75) is 6.42 Å². The van der Waals surface area contributed by atoms with Crippen LogP contribution in [0.5, 0.6) is 5.75 Å². The van der Waals surface area contributed by atoms with Gasteiger partial charge in [0.1, 0.15) is 6.61 Å². The van der Waals surface area contributed by atoms with E-state index in [4.69, 9.17) is 39.5 Å². The normalized spacial score (nSPS) is 11.7. The topological polar surface area (TPSA) is 91.8 Å². The zero-order chi connectivity index (χ0) is 18.9. The highest BCUT2D eigenvalue weighted by atomic mass is 127. The minimum atomic E-state index is -3.15. The van der Waals surface area contributed by atoms with Crippen LogP contribution in [-0.2, 0) is 10.0 Å². The summed E-state index contributed by atoms with van der Waals surface area (Å²) in [5, 5.41) is 7.26. The lowest BCUT2D eigenvalue weighted by molar-refractivity contribution is 0.322. The Bertz CT molecular complexity index is 682. The second-order valence-electron chi connectivity index (χ2n) is 4.99. The monoisotopic (exact) mass is 558 g/mol. The summed E-state index contributed by atoms with van der Waals surface area (Å²) in [7, 11) is -1.52. The number of sulfonamides is 1. The largest absolute Gasteiger partial charge is 0.489 e. The Labute approximate surface area is 186 Å². The van der Waals surface area contributed by atoms with Crippen LogP contribution in [0, 0.1) is 0 Å². The number of aliphatic imine (C=N–C) groups is 1. The van der Waals surface area contributed by atoms with Crippen molar-refractivity contribution in [2.75, 3.05) is 39.5 Å². The lowest BCUT2D eigenvalue weighted by Crippen LogP contribution is -2.40. The summed E-state index contributed by atoms with van der Waals surface area (Å²) < 4.78 is 29.8. The molecular weight excluding hydrogens is 538 g/mol. The van der Waals surface area contributed by atoms with Gasteiger partial charge in [-0.25, -0.2) is 13.1 Å². The molecule has 0 saturated heterocycles. The first-order valence-corrected chi connectivity index (χ1v) is 10.4. The Hall–Kier alpha value is -0.200. The van der Waals surface area contributed by atoms with Gasteiger partial charge in [0.15, 0.2) is 11.7 Å². The van der Waals surface area contributed by atoms with Gasteiger partial charge in [-0.1, -0.05) is 34.8 Å². The Morgan fingerprint density at radius 1 is 1.12 bits per heavy atom. The molecule has 0 unspecified atom stereocenters. The molecule has 0 saturated carbocycles. The average molecular weight is 560 g/mol. The third-order valence-corrected chi connectivity index (χ3v) is 4.35. The first kappa shape index (κ1) is 25.8. The molecule has 0 fully saturated rings. The van der Waals surface area contributed by atoms with Crippen LogP contribution in [0.2, 0.25) is 15.1 Å². The van der Waals surface area contributed by atoms with Gasteiger partial charge in [0, 0.05) is 25.2 Å². The molecule has 0 bridgehead atoms. The number of hydrogen-bond donors (Lipinski definition) is 3. The smallest absolute Gasteiger partial charge is 0.208 e. The molecule has 1 aromatic rings. The Morgan fingerprint density at radius 3 is 2.23 bits per heavy atom. The van der Waals surface area contributed by atoms with Crippen molar-refractivity contribution in [3.05, 3.63) is 27.2 Å². The van der Waals surface area contributed by atoms with E-state index in [-0.39, 0.29) is 24.0 Å². The summed E-state index contributed by atoms with van der Waals surface area (Å²) in [5.74, 6) is 0.959. The maximum atomic E-state index is 10.9. The molecule has 0 aliphatic heterocycles. The fourth-order valence-corrected chi connectivity index (χ4v) is 3.20. The van der Waals surface area contributed by atoms with Gasteiger partial charge in [-0.3, -0.25) is 4.99 Å². The van der Waals surface area contributed by atoms with E-state index >= 15 is 0 Å². The standard InChI is InChI=1S/C14H21Cl3N4O3S.HI/c1-18-14(19-4-3-5-21-25(2,22)23)20-6-7-24-13-11(16)8-10(15)9-12(13)17;/h8-9,21H,3-7H2,1-2H3,(H2,18,19,20);1H. The van der Waals surface area contributed by atoms with Gasteiger partial charge in [-0.15, -0.1) is 24.0 Å². The van der Waals surface area contributed by atoms with E-state index < -0.39 is 10.0 Å². The molecule has 0 aliphatic rings. The average Bonchev–Trinajstić information content (AvgIpc) is 2.49. The number of nitrogens with one attached hydrogen (secondary N) is 3. The van der Waals surface area contributed by atoms with E-state index in [1.807, 2.05) is 0 Å². The maximum absolute atomic E-state index is 10.9. The summed E-state index contributed by atoms with van der Waals surface area (Å²) in [4.78, 5) is 4.06. The van der Waals surface area contributed by atoms with Crippen LogP contribution in [0.3, 0.4) is 0 Å². The van der Waals surface area contributed by atoms with Crippen LogP contribution in [0.25, 0.3) is 0 Å². The van der Waals surface area contributed by atoms with Crippen LogP contribution in [-0.4, -0.2) is 53.9 Å². The molecule has 0 aliphatic carbocycles. The molecule has 0 atom stereocenters. The summed E-state index contributed by atoms with van der Waals surface area (Å²) >= 11 is 17.9. The molecule has 150 valence electrons. The molecule has 12 heteroatoms. The zero-order valence-electron chi connectivity index (χ0n) is 14.3. The second kappa shape index (κ2) is 13.1. The van der Waals surface area contributed by atoms with E-state index in [1.165, 1.54) is 0 Å². The number of guanidine groups is 1. The quantitative estimate of drug-likeness (QED) is 0.187. The van der Waals surface area contributed by atoms with Crippen molar-refractivity contribution >= 4 is 74.8 Å². The molecule has 0 amide bonds. The molecule has 0 aromatic heterocycles.